The van der Waals surface area contributed by atoms with Crippen molar-refractivity contribution in [2.75, 3.05) is 5.32 Å². The standard InChI is InChI=1S/C15H20N2OS/c19-15(16-11-5-6-11)17-12-7-9-14(10-8-12)18-13-3-1-2-4-13/h7-11,13H,1-6H2,(H2,16,17,19). The highest BCUT2D eigenvalue weighted by molar-refractivity contribution is 7.80. The fourth-order valence-corrected chi connectivity index (χ4v) is 2.68. The van der Waals surface area contributed by atoms with Crippen LogP contribution in [0.15, 0.2) is 24.3 Å². The molecule has 4 heteroatoms. The molecular formula is C15H20N2OS. The van der Waals surface area contributed by atoms with Crippen LogP contribution in [0.5, 0.6) is 5.75 Å². The van der Waals surface area contributed by atoms with Crippen molar-refractivity contribution in [1.82, 2.24) is 5.32 Å². The van der Waals surface area contributed by atoms with Crippen molar-refractivity contribution in [3.8, 4) is 5.75 Å². The number of benzene rings is 1. The van der Waals surface area contributed by atoms with Gasteiger partial charge in [0, 0.05) is 11.7 Å². The van der Waals surface area contributed by atoms with Gasteiger partial charge in [-0.3, -0.25) is 0 Å². The minimum atomic E-state index is 0.413. The summed E-state index contributed by atoms with van der Waals surface area (Å²) in [4.78, 5) is 0. The Morgan fingerprint density at radius 1 is 1.05 bits per heavy atom. The fraction of sp³-hybridized carbons (Fsp3) is 0.533. The van der Waals surface area contributed by atoms with Gasteiger partial charge in [0.05, 0.1) is 6.10 Å². The predicted octanol–water partition coefficient (Wildman–Crippen LogP) is 3.46. The first-order chi connectivity index (χ1) is 9.29. The van der Waals surface area contributed by atoms with Crippen LogP contribution < -0.4 is 15.4 Å². The summed E-state index contributed by atoms with van der Waals surface area (Å²) in [5, 5.41) is 7.18. The predicted molar refractivity (Wildman–Crippen MR) is 81.7 cm³/mol. The van der Waals surface area contributed by atoms with E-state index in [1.165, 1.54) is 38.5 Å². The number of ether oxygens (including phenoxy) is 1. The summed E-state index contributed by atoms with van der Waals surface area (Å²) in [5.41, 5.74) is 1.01. The number of anilines is 1. The zero-order valence-electron chi connectivity index (χ0n) is 11.0. The fourth-order valence-electron chi connectivity index (χ4n) is 2.40. The van der Waals surface area contributed by atoms with E-state index < -0.39 is 0 Å². The lowest BCUT2D eigenvalue weighted by molar-refractivity contribution is 0.210. The Bertz CT molecular complexity index is 436. The van der Waals surface area contributed by atoms with Gasteiger partial charge in [-0.15, -0.1) is 0 Å². The molecule has 0 amide bonds. The van der Waals surface area contributed by atoms with Crippen LogP contribution in [0.2, 0.25) is 0 Å². The second-order valence-corrected chi connectivity index (χ2v) is 5.83. The molecule has 2 aliphatic carbocycles. The van der Waals surface area contributed by atoms with Crippen molar-refractivity contribution in [2.45, 2.75) is 50.7 Å². The highest BCUT2D eigenvalue weighted by Gasteiger charge is 2.21. The van der Waals surface area contributed by atoms with Gasteiger partial charge >= 0.3 is 0 Å². The molecule has 1 aromatic carbocycles. The van der Waals surface area contributed by atoms with Crippen LogP contribution >= 0.6 is 12.2 Å². The second kappa shape index (κ2) is 5.78. The summed E-state index contributed by atoms with van der Waals surface area (Å²) < 4.78 is 5.93. The summed E-state index contributed by atoms with van der Waals surface area (Å²) in [6.07, 6.45) is 7.85. The SMILES string of the molecule is S=C(Nc1ccc(OC2CCCC2)cc1)NC1CC1. The van der Waals surface area contributed by atoms with Gasteiger partial charge < -0.3 is 15.4 Å². The summed E-state index contributed by atoms with van der Waals surface area (Å²) >= 11 is 5.25. The first-order valence-corrected chi connectivity index (χ1v) is 7.55. The Labute approximate surface area is 119 Å². The molecule has 19 heavy (non-hydrogen) atoms. The van der Waals surface area contributed by atoms with Crippen molar-refractivity contribution < 1.29 is 4.74 Å². The third-order valence-corrected chi connectivity index (χ3v) is 3.85. The highest BCUT2D eigenvalue weighted by atomic mass is 32.1. The Hall–Kier alpha value is -1.29. The van der Waals surface area contributed by atoms with Crippen LogP contribution in [0.3, 0.4) is 0 Å². The third kappa shape index (κ3) is 3.83. The van der Waals surface area contributed by atoms with Gasteiger partial charge in [-0.1, -0.05) is 0 Å². The molecule has 0 aromatic heterocycles. The molecule has 3 rings (SSSR count). The number of rotatable bonds is 4. The lowest BCUT2D eigenvalue weighted by Crippen LogP contribution is -2.30. The van der Waals surface area contributed by atoms with Crippen LogP contribution in [-0.4, -0.2) is 17.3 Å². The summed E-state index contributed by atoms with van der Waals surface area (Å²) in [7, 11) is 0. The smallest absolute Gasteiger partial charge is 0.170 e. The molecule has 0 saturated heterocycles. The minimum Gasteiger partial charge on any atom is -0.490 e. The molecular weight excluding hydrogens is 256 g/mol. The van der Waals surface area contributed by atoms with Gasteiger partial charge in [0.1, 0.15) is 5.75 Å². The van der Waals surface area contributed by atoms with Crippen molar-refractivity contribution in [2.24, 2.45) is 0 Å². The minimum absolute atomic E-state index is 0.413. The summed E-state index contributed by atoms with van der Waals surface area (Å²) in [5.74, 6) is 0.957. The van der Waals surface area contributed by atoms with Gasteiger partial charge in [0.15, 0.2) is 5.11 Å². The van der Waals surface area contributed by atoms with Gasteiger partial charge in [-0.2, -0.15) is 0 Å². The van der Waals surface area contributed by atoms with E-state index in [0.29, 0.717) is 17.3 Å². The molecule has 2 fully saturated rings. The summed E-state index contributed by atoms with van der Waals surface area (Å²) in [6, 6.07) is 8.65. The van der Waals surface area contributed by atoms with E-state index in [1.807, 2.05) is 24.3 Å². The zero-order chi connectivity index (χ0) is 13.1. The van der Waals surface area contributed by atoms with E-state index in [4.69, 9.17) is 17.0 Å². The maximum absolute atomic E-state index is 5.93. The Morgan fingerprint density at radius 3 is 2.37 bits per heavy atom. The molecule has 0 heterocycles. The van der Waals surface area contributed by atoms with Crippen molar-refractivity contribution in [3.63, 3.8) is 0 Å². The van der Waals surface area contributed by atoms with E-state index in [2.05, 4.69) is 10.6 Å². The monoisotopic (exact) mass is 276 g/mol. The highest BCUT2D eigenvalue weighted by Crippen LogP contribution is 2.25. The normalized spacial score (nSPS) is 19.2. The average molecular weight is 276 g/mol. The number of hydrogen-bond acceptors (Lipinski definition) is 2. The van der Waals surface area contributed by atoms with Crippen LogP contribution in [0.4, 0.5) is 5.69 Å². The second-order valence-electron chi connectivity index (χ2n) is 5.42. The number of nitrogens with one attached hydrogen (secondary N) is 2. The van der Waals surface area contributed by atoms with Gasteiger partial charge in [-0.05, 0) is 75.0 Å². The summed E-state index contributed by atoms with van der Waals surface area (Å²) in [6.45, 7) is 0. The van der Waals surface area contributed by atoms with Gasteiger partial charge in [0.25, 0.3) is 0 Å². The quantitative estimate of drug-likeness (QED) is 0.825. The topological polar surface area (TPSA) is 33.3 Å². The molecule has 2 N–H and O–H groups in total. The van der Waals surface area contributed by atoms with E-state index >= 15 is 0 Å². The average Bonchev–Trinajstić information content (AvgIpc) is 3.05. The zero-order valence-corrected chi connectivity index (χ0v) is 11.8. The third-order valence-electron chi connectivity index (χ3n) is 3.63. The molecule has 0 bridgehead atoms. The van der Waals surface area contributed by atoms with Crippen molar-refractivity contribution >= 4 is 23.0 Å². The number of hydrogen-bond donors (Lipinski definition) is 2. The Balaban J connectivity index is 1.50. The molecule has 0 atom stereocenters. The molecule has 102 valence electrons. The molecule has 0 aliphatic heterocycles. The van der Waals surface area contributed by atoms with Gasteiger partial charge in [0.2, 0.25) is 0 Å². The van der Waals surface area contributed by atoms with E-state index in [9.17, 15) is 0 Å². The van der Waals surface area contributed by atoms with Crippen molar-refractivity contribution in [3.05, 3.63) is 24.3 Å². The molecule has 2 saturated carbocycles. The molecule has 2 aliphatic rings. The van der Waals surface area contributed by atoms with E-state index in [-0.39, 0.29) is 0 Å². The van der Waals surface area contributed by atoms with E-state index in [0.717, 1.165) is 11.4 Å². The maximum atomic E-state index is 5.93. The Morgan fingerprint density at radius 2 is 1.74 bits per heavy atom. The lowest BCUT2D eigenvalue weighted by atomic mass is 10.3. The van der Waals surface area contributed by atoms with Crippen LogP contribution in [0.25, 0.3) is 0 Å². The molecule has 0 spiro atoms. The van der Waals surface area contributed by atoms with Crippen molar-refractivity contribution in [1.29, 1.82) is 0 Å². The molecule has 1 aromatic rings. The van der Waals surface area contributed by atoms with Crippen LogP contribution in [0.1, 0.15) is 38.5 Å². The van der Waals surface area contributed by atoms with Crippen LogP contribution in [-0.2, 0) is 0 Å². The first kappa shape index (κ1) is 12.7. The van der Waals surface area contributed by atoms with Crippen LogP contribution in [0, 0.1) is 0 Å². The lowest BCUT2D eigenvalue weighted by Gasteiger charge is -2.14. The molecule has 0 radical (unpaired) electrons. The number of thiocarbonyl (C=S) groups is 1. The molecule has 3 nitrogen and oxygen atoms in total. The van der Waals surface area contributed by atoms with Gasteiger partial charge in [-0.25, -0.2) is 0 Å². The first-order valence-electron chi connectivity index (χ1n) is 7.14. The molecule has 0 unspecified atom stereocenters. The maximum Gasteiger partial charge on any atom is 0.170 e. The van der Waals surface area contributed by atoms with E-state index in [1.54, 1.807) is 0 Å². The largest absolute Gasteiger partial charge is 0.490 e. The Kier molecular flexibility index (Phi) is 3.87.